The van der Waals surface area contributed by atoms with Crippen molar-refractivity contribution in [3.8, 4) is 0 Å². The highest BCUT2D eigenvalue weighted by Gasteiger charge is 2.18. The van der Waals surface area contributed by atoms with Crippen LogP contribution in [0.1, 0.15) is 24.0 Å². The summed E-state index contributed by atoms with van der Waals surface area (Å²) in [5, 5.41) is 0. The Bertz CT molecular complexity index is 335. The summed E-state index contributed by atoms with van der Waals surface area (Å²) in [5.41, 5.74) is 8.54. The van der Waals surface area contributed by atoms with Gasteiger partial charge in [-0.2, -0.15) is 0 Å². The summed E-state index contributed by atoms with van der Waals surface area (Å²) in [5.74, 6) is 0.812. The molecular formula is C14H22N2. The molecule has 1 heterocycles. The summed E-state index contributed by atoms with van der Waals surface area (Å²) in [6.07, 6.45) is 3.90. The van der Waals surface area contributed by atoms with Crippen molar-refractivity contribution in [1.29, 1.82) is 0 Å². The molecule has 0 radical (unpaired) electrons. The van der Waals surface area contributed by atoms with Crippen LogP contribution in [0.5, 0.6) is 0 Å². The molecule has 2 rings (SSSR count). The molecule has 1 unspecified atom stereocenters. The van der Waals surface area contributed by atoms with E-state index in [2.05, 4.69) is 36.2 Å². The first-order chi connectivity index (χ1) is 7.79. The molecule has 0 saturated carbocycles. The fourth-order valence-corrected chi connectivity index (χ4v) is 2.71. The summed E-state index contributed by atoms with van der Waals surface area (Å²) in [4.78, 5) is 2.44. The predicted molar refractivity (Wildman–Crippen MR) is 68.3 cm³/mol. The van der Waals surface area contributed by atoms with Crippen LogP contribution in [-0.2, 0) is 13.0 Å². The van der Waals surface area contributed by atoms with E-state index in [1.807, 2.05) is 0 Å². The standard InChI is InChI=1S/C14H22N2/c1-16-8-4-5-12(11-16)9-13-6-2-3-7-14(13)10-15/h2-3,6-7,12H,4-5,8-11,15H2,1H3. The van der Waals surface area contributed by atoms with Gasteiger partial charge in [-0.05, 0) is 49.9 Å². The first-order valence-corrected chi connectivity index (χ1v) is 6.25. The van der Waals surface area contributed by atoms with Crippen LogP contribution in [-0.4, -0.2) is 25.0 Å². The zero-order valence-electron chi connectivity index (χ0n) is 10.2. The maximum absolute atomic E-state index is 5.77. The molecule has 88 valence electrons. The molecule has 0 spiro atoms. The third kappa shape index (κ3) is 2.83. The Labute approximate surface area is 98.4 Å². The Hall–Kier alpha value is -0.860. The zero-order valence-corrected chi connectivity index (χ0v) is 10.2. The van der Waals surface area contributed by atoms with Gasteiger partial charge >= 0.3 is 0 Å². The fraction of sp³-hybridized carbons (Fsp3) is 0.571. The van der Waals surface area contributed by atoms with E-state index in [0.717, 1.165) is 5.92 Å². The fourth-order valence-electron chi connectivity index (χ4n) is 2.71. The SMILES string of the molecule is CN1CCCC(Cc2ccccc2CN)C1. The third-order valence-electron chi connectivity index (χ3n) is 3.57. The number of likely N-dealkylation sites (tertiary alicyclic amines) is 1. The van der Waals surface area contributed by atoms with Gasteiger partial charge in [0, 0.05) is 13.1 Å². The summed E-state index contributed by atoms with van der Waals surface area (Å²) >= 11 is 0. The van der Waals surface area contributed by atoms with Crippen LogP contribution >= 0.6 is 0 Å². The largest absolute Gasteiger partial charge is 0.326 e. The van der Waals surface area contributed by atoms with Crippen molar-refractivity contribution in [2.75, 3.05) is 20.1 Å². The second kappa shape index (κ2) is 5.46. The van der Waals surface area contributed by atoms with E-state index >= 15 is 0 Å². The van der Waals surface area contributed by atoms with Gasteiger partial charge < -0.3 is 10.6 Å². The van der Waals surface area contributed by atoms with Crippen LogP contribution in [0.25, 0.3) is 0 Å². The number of rotatable bonds is 3. The van der Waals surface area contributed by atoms with Gasteiger partial charge in [-0.25, -0.2) is 0 Å². The highest BCUT2D eigenvalue weighted by Crippen LogP contribution is 2.21. The minimum Gasteiger partial charge on any atom is -0.326 e. The number of nitrogens with two attached hydrogens (primary N) is 1. The molecule has 1 aliphatic rings. The molecule has 0 aromatic heterocycles. The quantitative estimate of drug-likeness (QED) is 0.841. The average molecular weight is 218 g/mol. The molecular weight excluding hydrogens is 196 g/mol. The van der Waals surface area contributed by atoms with Crippen molar-refractivity contribution in [2.45, 2.75) is 25.8 Å². The lowest BCUT2D eigenvalue weighted by molar-refractivity contribution is 0.209. The van der Waals surface area contributed by atoms with Crippen LogP contribution in [0, 0.1) is 5.92 Å². The predicted octanol–water partition coefficient (Wildman–Crippen LogP) is 2.03. The van der Waals surface area contributed by atoms with Gasteiger partial charge in [0.25, 0.3) is 0 Å². The maximum Gasteiger partial charge on any atom is 0.0180 e. The summed E-state index contributed by atoms with van der Waals surface area (Å²) in [6, 6.07) is 8.60. The van der Waals surface area contributed by atoms with E-state index in [0.29, 0.717) is 6.54 Å². The van der Waals surface area contributed by atoms with E-state index in [4.69, 9.17) is 5.73 Å². The van der Waals surface area contributed by atoms with Crippen LogP contribution in [0.2, 0.25) is 0 Å². The molecule has 2 N–H and O–H groups in total. The monoisotopic (exact) mass is 218 g/mol. The molecule has 2 nitrogen and oxygen atoms in total. The van der Waals surface area contributed by atoms with Gasteiger partial charge in [0.15, 0.2) is 0 Å². The third-order valence-corrected chi connectivity index (χ3v) is 3.57. The lowest BCUT2D eigenvalue weighted by atomic mass is 9.89. The molecule has 2 heteroatoms. The van der Waals surface area contributed by atoms with E-state index < -0.39 is 0 Å². The van der Waals surface area contributed by atoms with E-state index in [1.165, 1.54) is 43.5 Å². The molecule has 1 aromatic rings. The van der Waals surface area contributed by atoms with Crippen molar-refractivity contribution < 1.29 is 0 Å². The van der Waals surface area contributed by atoms with Crippen LogP contribution < -0.4 is 5.73 Å². The second-order valence-electron chi connectivity index (χ2n) is 4.95. The van der Waals surface area contributed by atoms with Crippen LogP contribution in [0.3, 0.4) is 0 Å². The molecule has 1 saturated heterocycles. The van der Waals surface area contributed by atoms with Gasteiger partial charge in [0.05, 0.1) is 0 Å². The zero-order chi connectivity index (χ0) is 11.4. The van der Waals surface area contributed by atoms with Crippen molar-refractivity contribution in [3.63, 3.8) is 0 Å². The first-order valence-electron chi connectivity index (χ1n) is 6.25. The molecule has 0 aliphatic carbocycles. The Morgan fingerprint density at radius 1 is 1.31 bits per heavy atom. The second-order valence-corrected chi connectivity index (χ2v) is 4.95. The summed E-state index contributed by atoms with van der Waals surface area (Å²) in [6.45, 7) is 3.16. The molecule has 1 aromatic carbocycles. The summed E-state index contributed by atoms with van der Waals surface area (Å²) < 4.78 is 0. The van der Waals surface area contributed by atoms with Crippen LogP contribution in [0.4, 0.5) is 0 Å². The Morgan fingerprint density at radius 2 is 2.06 bits per heavy atom. The Balaban J connectivity index is 2.02. The lowest BCUT2D eigenvalue weighted by Gasteiger charge is -2.30. The molecule has 1 fully saturated rings. The lowest BCUT2D eigenvalue weighted by Crippen LogP contribution is -2.33. The van der Waals surface area contributed by atoms with Gasteiger partial charge in [-0.3, -0.25) is 0 Å². The molecule has 1 atom stereocenters. The minimum atomic E-state index is 0.665. The van der Waals surface area contributed by atoms with Crippen molar-refractivity contribution >= 4 is 0 Å². The Morgan fingerprint density at radius 3 is 2.75 bits per heavy atom. The maximum atomic E-state index is 5.77. The van der Waals surface area contributed by atoms with Gasteiger partial charge in [-0.15, -0.1) is 0 Å². The molecule has 0 amide bonds. The first kappa shape index (κ1) is 11.6. The molecule has 1 aliphatic heterocycles. The number of piperidine rings is 1. The Kier molecular flexibility index (Phi) is 3.97. The minimum absolute atomic E-state index is 0.665. The highest BCUT2D eigenvalue weighted by atomic mass is 15.1. The normalized spacial score (nSPS) is 22.2. The molecule has 16 heavy (non-hydrogen) atoms. The van der Waals surface area contributed by atoms with Gasteiger partial charge in [0.2, 0.25) is 0 Å². The smallest absolute Gasteiger partial charge is 0.0180 e. The average Bonchev–Trinajstić information content (AvgIpc) is 2.30. The van der Waals surface area contributed by atoms with Crippen molar-refractivity contribution in [2.24, 2.45) is 11.7 Å². The number of benzene rings is 1. The van der Waals surface area contributed by atoms with Crippen molar-refractivity contribution in [3.05, 3.63) is 35.4 Å². The summed E-state index contributed by atoms with van der Waals surface area (Å²) in [7, 11) is 2.22. The van der Waals surface area contributed by atoms with E-state index in [9.17, 15) is 0 Å². The molecule has 0 bridgehead atoms. The topological polar surface area (TPSA) is 29.3 Å². The van der Waals surface area contributed by atoms with Gasteiger partial charge in [0.1, 0.15) is 0 Å². The number of hydrogen-bond acceptors (Lipinski definition) is 2. The van der Waals surface area contributed by atoms with E-state index in [-0.39, 0.29) is 0 Å². The highest BCUT2D eigenvalue weighted by molar-refractivity contribution is 5.27. The van der Waals surface area contributed by atoms with Crippen LogP contribution in [0.15, 0.2) is 24.3 Å². The van der Waals surface area contributed by atoms with Crippen molar-refractivity contribution in [1.82, 2.24) is 4.90 Å². The van der Waals surface area contributed by atoms with Gasteiger partial charge in [-0.1, -0.05) is 24.3 Å². The number of nitrogens with zero attached hydrogens (tertiary/aromatic N) is 1. The number of hydrogen-bond donors (Lipinski definition) is 1. The van der Waals surface area contributed by atoms with E-state index in [1.54, 1.807) is 0 Å².